The highest BCUT2D eigenvalue weighted by molar-refractivity contribution is 7.99. The summed E-state index contributed by atoms with van der Waals surface area (Å²) in [4.78, 5) is 2.47. The highest BCUT2D eigenvalue weighted by Gasteiger charge is 2.01. The first kappa shape index (κ1) is 15.3. The van der Waals surface area contributed by atoms with Crippen LogP contribution in [0, 0.1) is 0 Å². The Bertz CT molecular complexity index is 129. The molecule has 0 saturated carbocycles. The van der Waals surface area contributed by atoms with Gasteiger partial charge in [0.2, 0.25) is 0 Å². The molecule has 0 radical (unpaired) electrons. The molecule has 15 heavy (non-hydrogen) atoms. The quantitative estimate of drug-likeness (QED) is 0.538. The lowest BCUT2D eigenvalue weighted by molar-refractivity contribution is 0.0747. The van der Waals surface area contributed by atoms with Crippen molar-refractivity contribution >= 4 is 11.8 Å². The Morgan fingerprint density at radius 2 is 1.80 bits per heavy atom. The molecule has 0 spiro atoms. The number of ether oxygens (including phenoxy) is 1. The van der Waals surface area contributed by atoms with Crippen molar-refractivity contribution in [2.24, 2.45) is 0 Å². The summed E-state index contributed by atoms with van der Waals surface area (Å²) in [6.45, 7) is 13.1. The van der Waals surface area contributed by atoms with E-state index in [2.05, 4.69) is 32.6 Å². The molecule has 3 heteroatoms. The number of nitrogens with zero attached hydrogens (tertiary/aromatic N) is 1. The van der Waals surface area contributed by atoms with E-state index in [1.165, 1.54) is 37.6 Å². The van der Waals surface area contributed by atoms with Gasteiger partial charge in [0.05, 0.1) is 6.10 Å². The van der Waals surface area contributed by atoms with Gasteiger partial charge in [0.25, 0.3) is 0 Å². The van der Waals surface area contributed by atoms with Gasteiger partial charge in [-0.1, -0.05) is 13.8 Å². The second-order valence-corrected chi connectivity index (χ2v) is 4.92. The molecule has 0 aliphatic carbocycles. The van der Waals surface area contributed by atoms with Gasteiger partial charge in [-0.2, -0.15) is 11.8 Å². The van der Waals surface area contributed by atoms with E-state index >= 15 is 0 Å². The molecule has 0 N–H and O–H groups in total. The monoisotopic (exact) mass is 233 g/mol. The van der Waals surface area contributed by atoms with Gasteiger partial charge in [-0.3, -0.25) is 0 Å². The average Bonchev–Trinajstić information content (AvgIpc) is 2.24. The van der Waals surface area contributed by atoms with E-state index in [4.69, 9.17) is 4.74 Å². The predicted molar refractivity (Wildman–Crippen MR) is 70.8 cm³/mol. The normalized spacial score (nSPS) is 13.4. The second-order valence-electron chi connectivity index (χ2n) is 3.69. The van der Waals surface area contributed by atoms with Gasteiger partial charge in [-0.15, -0.1) is 0 Å². The van der Waals surface area contributed by atoms with Gasteiger partial charge < -0.3 is 9.64 Å². The van der Waals surface area contributed by atoms with Crippen molar-refractivity contribution < 1.29 is 4.74 Å². The van der Waals surface area contributed by atoms with Gasteiger partial charge in [0.15, 0.2) is 0 Å². The molecular formula is C12H27NOS. The summed E-state index contributed by atoms with van der Waals surface area (Å²) >= 11 is 2.04. The first-order valence-corrected chi connectivity index (χ1v) is 7.31. The minimum Gasteiger partial charge on any atom is -0.379 e. The van der Waals surface area contributed by atoms with Crippen LogP contribution in [0.1, 0.15) is 34.1 Å². The van der Waals surface area contributed by atoms with E-state index in [1.807, 2.05) is 11.8 Å². The smallest absolute Gasteiger partial charge is 0.0554 e. The van der Waals surface area contributed by atoms with E-state index < -0.39 is 0 Å². The number of rotatable bonds is 10. The van der Waals surface area contributed by atoms with Crippen LogP contribution in [0.4, 0.5) is 0 Å². The van der Waals surface area contributed by atoms with Crippen molar-refractivity contribution in [3.05, 3.63) is 0 Å². The zero-order valence-corrected chi connectivity index (χ0v) is 11.6. The van der Waals surface area contributed by atoms with Crippen LogP contribution in [0.5, 0.6) is 0 Å². The highest BCUT2D eigenvalue weighted by atomic mass is 32.2. The Hall–Kier alpha value is 0.270. The second kappa shape index (κ2) is 10.8. The largest absolute Gasteiger partial charge is 0.379 e. The topological polar surface area (TPSA) is 12.5 Å². The Morgan fingerprint density at radius 1 is 1.13 bits per heavy atom. The van der Waals surface area contributed by atoms with Crippen LogP contribution >= 0.6 is 11.8 Å². The molecule has 92 valence electrons. The molecule has 0 heterocycles. The van der Waals surface area contributed by atoms with E-state index in [9.17, 15) is 0 Å². The standard InChI is InChI=1S/C12H27NOS/c1-5-13(6-2)9-11-15-10-8-12(4)14-7-3/h12H,5-11H2,1-4H3. The summed E-state index contributed by atoms with van der Waals surface area (Å²) in [6, 6.07) is 0. The lowest BCUT2D eigenvalue weighted by Crippen LogP contribution is -2.25. The Balaban J connectivity index is 3.23. The van der Waals surface area contributed by atoms with Crippen molar-refractivity contribution in [3.63, 3.8) is 0 Å². The minimum absolute atomic E-state index is 0.427. The van der Waals surface area contributed by atoms with Gasteiger partial charge in [0.1, 0.15) is 0 Å². The van der Waals surface area contributed by atoms with E-state index in [0.717, 1.165) is 6.61 Å². The third-order valence-corrected chi connectivity index (χ3v) is 3.56. The van der Waals surface area contributed by atoms with Crippen molar-refractivity contribution in [2.45, 2.75) is 40.2 Å². The number of hydrogen-bond acceptors (Lipinski definition) is 3. The zero-order valence-electron chi connectivity index (χ0n) is 10.8. The third-order valence-electron chi connectivity index (χ3n) is 2.57. The summed E-state index contributed by atoms with van der Waals surface area (Å²) in [5.74, 6) is 2.48. The molecule has 1 atom stereocenters. The van der Waals surface area contributed by atoms with Crippen molar-refractivity contribution in [3.8, 4) is 0 Å². The molecule has 0 aliphatic rings. The van der Waals surface area contributed by atoms with E-state index in [-0.39, 0.29) is 0 Å². The van der Waals surface area contributed by atoms with Gasteiger partial charge in [-0.25, -0.2) is 0 Å². The lowest BCUT2D eigenvalue weighted by Gasteiger charge is -2.17. The molecule has 0 fully saturated rings. The summed E-state index contributed by atoms with van der Waals surface area (Å²) in [6.07, 6.45) is 1.60. The van der Waals surface area contributed by atoms with Gasteiger partial charge >= 0.3 is 0 Å². The third kappa shape index (κ3) is 9.21. The molecular weight excluding hydrogens is 206 g/mol. The predicted octanol–water partition coefficient (Wildman–Crippen LogP) is 2.88. The maximum atomic E-state index is 5.49. The van der Waals surface area contributed by atoms with Crippen LogP contribution in [-0.2, 0) is 4.74 Å². The fraction of sp³-hybridized carbons (Fsp3) is 1.00. The van der Waals surface area contributed by atoms with Crippen molar-refractivity contribution in [1.29, 1.82) is 0 Å². The molecule has 0 amide bonds. The first-order chi connectivity index (χ1) is 7.24. The molecule has 0 bridgehead atoms. The van der Waals surface area contributed by atoms with Gasteiger partial charge in [0, 0.05) is 18.9 Å². The molecule has 2 nitrogen and oxygen atoms in total. The van der Waals surface area contributed by atoms with Crippen LogP contribution in [0.25, 0.3) is 0 Å². The SMILES string of the molecule is CCOC(C)CCSCCN(CC)CC. The number of thioether (sulfide) groups is 1. The van der Waals surface area contributed by atoms with E-state index in [1.54, 1.807) is 0 Å². The van der Waals surface area contributed by atoms with Crippen molar-refractivity contribution in [1.82, 2.24) is 4.90 Å². The average molecular weight is 233 g/mol. The molecule has 0 saturated heterocycles. The van der Waals surface area contributed by atoms with Crippen LogP contribution in [-0.4, -0.2) is 48.8 Å². The maximum Gasteiger partial charge on any atom is 0.0554 e. The van der Waals surface area contributed by atoms with Crippen molar-refractivity contribution in [2.75, 3.05) is 37.7 Å². The lowest BCUT2D eigenvalue weighted by atomic mass is 10.3. The maximum absolute atomic E-state index is 5.49. The number of hydrogen-bond donors (Lipinski definition) is 0. The Morgan fingerprint density at radius 3 is 2.33 bits per heavy atom. The van der Waals surface area contributed by atoms with E-state index in [0.29, 0.717) is 6.10 Å². The molecule has 0 aliphatic heterocycles. The molecule has 0 aromatic carbocycles. The van der Waals surface area contributed by atoms with Gasteiger partial charge in [-0.05, 0) is 39.1 Å². The summed E-state index contributed by atoms with van der Waals surface area (Å²) < 4.78 is 5.49. The minimum atomic E-state index is 0.427. The summed E-state index contributed by atoms with van der Waals surface area (Å²) in [5, 5.41) is 0. The highest BCUT2D eigenvalue weighted by Crippen LogP contribution is 2.07. The Kier molecular flexibility index (Phi) is 11.0. The molecule has 1 unspecified atom stereocenters. The first-order valence-electron chi connectivity index (χ1n) is 6.16. The van der Waals surface area contributed by atoms with Crippen LogP contribution in [0.3, 0.4) is 0 Å². The Labute approximate surface area is 99.8 Å². The van der Waals surface area contributed by atoms with Crippen LogP contribution in [0.2, 0.25) is 0 Å². The summed E-state index contributed by atoms with van der Waals surface area (Å²) in [5.41, 5.74) is 0. The zero-order chi connectivity index (χ0) is 11.5. The fourth-order valence-corrected chi connectivity index (χ4v) is 2.54. The van der Waals surface area contributed by atoms with Crippen LogP contribution < -0.4 is 0 Å². The molecule has 0 aromatic rings. The fourth-order valence-electron chi connectivity index (χ4n) is 1.45. The molecule has 0 rings (SSSR count). The summed E-state index contributed by atoms with van der Waals surface area (Å²) in [7, 11) is 0. The van der Waals surface area contributed by atoms with Crippen LogP contribution in [0.15, 0.2) is 0 Å². The molecule has 0 aromatic heterocycles.